The molecule has 0 aromatic heterocycles. The predicted molar refractivity (Wildman–Crippen MR) is 116 cm³/mol. The second-order valence-electron chi connectivity index (χ2n) is 7.50. The molecule has 0 aliphatic carbocycles. The van der Waals surface area contributed by atoms with Crippen molar-refractivity contribution in [1.82, 2.24) is 4.90 Å². The number of ether oxygens (including phenoxy) is 3. The fraction of sp³-hybridized carbons (Fsp3) is 0.364. The molecule has 0 saturated carbocycles. The summed E-state index contributed by atoms with van der Waals surface area (Å²) in [5, 5.41) is 11.5. The zero-order valence-electron chi connectivity index (χ0n) is 17.7. The number of hydrogen-bond acceptors (Lipinski definition) is 7. The molecule has 0 radical (unpaired) electrons. The van der Waals surface area contributed by atoms with Gasteiger partial charge in [0, 0.05) is 24.2 Å². The van der Waals surface area contributed by atoms with Gasteiger partial charge in [0.2, 0.25) is 5.75 Å². The number of methoxy groups -OCH3 is 1. The number of piperidine rings is 1. The maximum atomic E-state index is 12.4. The van der Waals surface area contributed by atoms with Crippen LogP contribution in [0.25, 0.3) is 0 Å². The molecule has 1 fully saturated rings. The highest BCUT2D eigenvalue weighted by Crippen LogP contribution is 2.38. The summed E-state index contributed by atoms with van der Waals surface area (Å²) in [6, 6.07) is 8.25. The summed E-state index contributed by atoms with van der Waals surface area (Å²) in [5.74, 6) is -0.198. The van der Waals surface area contributed by atoms with Gasteiger partial charge in [-0.2, -0.15) is 0 Å². The molecule has 170 valence electrons. The standard InChI is InChI=1S/C22H23ClN2O7/c1-14-4-3-9-24(12-14)21(26)13-31-22(27)15-5-7-19(20(10-15)30-2)32-18-8-6-16(23)11-17(18)25(28)29/h5-8,10-11,14H,3-4,9,12-13H2,1-2H3. The van der Waals surface area contributed by atoms with E-state index < -0.39 is 10.9 Å². The highest BCUT2D eigenvalue weighted by Gasteiger charge is 2.23. The van der Waals surface area contributed by atoms with Crippen LogP contribution in [0, 0.1) is 16.0 Å². The van der Waals surface area contributed by atoms with Crippen LogP contribution in [0.1, 0.15) is 30.1 Å². The molecule has 32 heavy (non-hydrogen) atoms. The number of nitro groups is 1. The van der Waals surface area contributed by atoms with Gasteiger partial charge in [-0.05, 0) is 49.1 Å². The molecule has 2 aromatic rings. The third kappa shape index (κ3) is 5.67. The number of hydrogen-bond donors (Lipinski definition) is 0. The van der Waals surface area contributed by atoms with E-state index in [2.05, 4.69) is 6.92 Å². The van der Waals surface area contributed by atoms with E-state index in [1.54, 1.807) is 4.90 Å². The monoisotopic (exact) mass is 462 g/mol. The van der Waals surface area contributed by atoms with E-state index in [4.69, 9.17) is 25.8 Å². The summed E-state index contributed by atoms with van der Waals surface area (Å²) in [4.78, 5) is 37.1. The van der Waals surface area contributed by atoms with Gasteiger partial charge in [0.25, 0.3) is 5.91 Å². The Hall–Kier alpha value is -3.33. The smallest absolute Gasteiger partial charge is 0.338 e. The molecule has 1 atom stereocenters. The topological polar surface area (TPSA) is 108 Å². The lowest BCUT2D eigenvalue weighted by atomic mass is 10.0. The third-order valence-electron chi connectivity index (χ3n) is 5.07. The Morgan fingerprint density at radius 3 is 2.62 bits per heavy atom. The van der Waals surface area contributed by atoms with Crippen molar-refractivity contribution < 1.29 is 28.7 Å². The maximum Gasteiger partial charge on any atom is 0.338 e. The van der Waals surface area contributed by atoms with Crippen molar-refractivity contribution in [1.29, 1.82) is 0 Å². The normalized spacial score (nSPS) is 15.7. The van der Waals surface area contributed by atoms with Crippen LogP contribution < -0.4 is 9.47 Å². The van der Waals surface area contributed by atoms with Crippen LogP contribution in [-0.4, -0.2) is 48.5 Å². The number of likely N-dealkylation sites (tertiary alicyclic amines) is 1. The second-order valence-corrected chi connectivity index (χ2v) is 7.94. The van der Waals surface area contributed by atoms with E-state index >= 15 is 0 Å². The van der Waals surface area contributed by atoms with Crippen molar-refractivity contribution in [2.45, 2.75) is 19.8 Å². The van der Waals surface area contributed by atoms with Crippen LogP contribution in [0.15, 0.2) is 36.4 Å². The van der Waals surface area contributed by atoms with E-state index in [1.165, 1.54) is 43.5 Å². The number of rotatable bonds is 7. The van der Waals surface area contributed by atoms with Gasteiger partial charge in [0.1, 0.15) is 0 Å². The van der Waals surface area contributed by atoms with E-state index in [-0.39, 0.29) is 46.0 Å². The van der Waals surface area contributed by atoms with Gasteiger partial charge in [0.05, 0.1) is 17.6 Å². The van der Waals surface area contributed by atoms with Crippen molar-refractivity contribution >= 4 is 29.2 Å². The number of nitro benzene ring substituents is 1. The van der Waals surface area contributed by atoms with Crippen molar-refractivity contribution in [3.05, 3.63) is 57.1 Å². The Morgan fingerprint density at radius 1 is 1.19 bits per heavy atom. The molecule has 1 saturated heterocycles. The van der Waals surface area contributed by atoms with Gasteiger partial charge < -0.3 is 19.1 Å². The average molecular weight is 463 g/mol. The average Bonchev–Trinajstić information content (AvgIpc) is 2.78. The fourth-order valence-corrected chi connectivity index (χ4v) is 3.60. The Kier molecular flexibility index (Phi) is 7.53. The molecule has 0 N–H and O–H groups in total. The lowest BCUT2D eigenvalue weighted by Gasteiger charge is -2.30. The lowest BCUT2D eigenvalue weighted by Crippen LogP contribution is -2.41. The summed E-state index contributed by atoms with van der Waals surface area (Å²) >= 11 is 5.82. The Labute approximate surface area is 190 Å². The van der Waals surface area contributed by atoms with Gasteiger partial charge in [0.15, 0.2) is 18.1 Å². The summed E-state index contributed by atoms with van der Waals surface area (Å²) < 4.78 is 16.1. The zero-order chi connectivity index (χ0) is 23.3. The highest BCUT2D eigenvalue weighted by atomic mass is 35.5. The number of benzene rings is 2. The lowest BCUT2D eigenvalue weighted by molar-refractivity contribution is -0.385. The van der Waals surface area contributed by atoms with Gasteiger partial charge in [-0.25, -0.2) is 4.79 Å². The first kappa shape index (κ1) is 23.3. The number of esters is 1. The van der Waals surface area contributed by atoms with Crippen LogP contribution in [0.2, 0.25) is 5.02 Å². The van der Waals surface area contributed by atoms with E-state index in [0.29, 0.717) is 19.0 Å². The third-order valence-corrected chi connectivity index (χ3v) is 5.31. The summed E-state index contributed by atoms with van der Waals surface area (Å²) in [7, 11) is 1.37. The molecule has 0 bridgehead atoms. The number of carbonyl (C=O) groups is 2. The largest absolute Gasteiger partial charge is 0.493 e. The molecule has 1 unspecified atom stereocenters. The molecule has 2 aromatic carbocycles. The molecule has 9 nitrogen and oxygen atoms in total. The van der Waals surface area contributed by atoms with Crippen molar-refractivity contribution in [3.63, 3.8) is 0 Å². The molecule has 3 rings (SSSR count). The fourth-order valence-electron chi connectivity index (χ4n) is 3.43. The quantitative estimate of drug-likeness (QED) is 0.339. The minimum absolute atomic E-state index is 0.0330. The Morgan fingerprint density at radius 2 is 1.94 bits per heavy atom. The number of halogens is 1. The minimum Gasteiger partial charge on any atom is -0.493 e. The van der Waals surface area contributed by atoms with Crippen LogP contribution in [-0.2, 0) is 9.53 Å². The van der Waals surface area contributed by atoms with Gasteiger partial charge in [-0.15, -0.1) is 0 Å². The summed E-state index contributed by atoms with van der Waals surface area (Å²) in [6.45, 7) is 3.06. The molecule has 10 heteroatoms. The van der Waals surface area contributed by atoms with E-state index in [0.717, 1.165) is 12.8 Å². The number of amides is 1. The van der Waals surface area contributed by atoms with Crippen molar-refractivity contribution in [2.75, 3.05) is 26.8 Å². The maximum absolute atomic E-state index is 12.4. The van der Waals surface area contributed by atoms with E-state index in [1.807, 2.05) is 0 Å². The Balaban J connectivity index is 1.69. The van der Waals surface area contributed by atoms with Crippen molar-refractivity contribution in [2.24, 2.45) is 5.92 Å². The first-order valence-electron chi connectivity index (χ1n) is 10.0. The molecule has 1 aliphatic heterocycles. The molecule has 1 aliphatic rings. The summed E-state index contributed by atoms with van der Waals surface area (Å²) in [5.41, 5.74) is -0.159. The van der Waals surface area contributed by atoms with Crippen LogP contribution in [0.4, 0.5) is 5.69 Å². The van der Waals surface area contributed by atoms with Crippen LogP contribution in [0.5, 0.6) is 17.2 Å². The van der Waals surface area contributed by atoms with E-state index in [9.17, 15) is 19.7 Å². The van der Waals surface area contributed by atoms with Gasteiger partial charge >= 0.3 is 11.7 Å². The molecule has 1 heterocycles. The zero-order valence-corrected chi connectivity index (χ0v) is 18.5. The second kappa shape index (κ2) is 10.3. The first-order chi connectivity index (χ1) is 15.3. The van der Waals surface area contributed by atoms with Crippen molar-refractivity contribution in [3.8, 4) is 17.2 Å². The molecule has 1 amide bonds. The summed E-state index contributed by atoms with van der Waals surface area (Å²) in [6.07, 6.45) is 2.02. The molecular formula is C22H23ClN2O7. The predicted octanol–water partition coefficient (Wildman–Crippen LogP) is 4.46. The number of carbonyl (C=O) groups excluding carboxylic acids is 2. The van der Waals surface area contributed by atoms with Crippen LogP contribution in [0.3, 0.4) is 0 Å². The highest BCUT2D eigenvalue weighted by molar-refractivity contribution is 6.30. The first-order valence-corrected chi connectivity index (χ1v) is 10.4. The number of nitrogens with zero attached hydrogens (tertiary/aromatic N) is 2. The van der Waals surface area contributed by atoms with Crippen LogP contribution >= 0.6 is 11.6 Å². The van der Waals surface area contributed by atoms with Gasteiger partial charge in [-0.1, -0.05) is 18.5 Å². The Bertz CT molecular complexity index is 1030. The molecular weight excluding hydrogens is 440 g/mol. The minimum atomic E-state index is -0.689. The SMILES string of the molecule is COc1cc(C(=O)OCC(=O)N2CCCC(C)C2)ccc1Oc1ccc(Cl)cc1[N+](=O)[O-]. The molecule has 0 spiro atoms. The van der Waals surface area contributed by atoms with Gasteiger partial charge in [-0.3, -0.25) is 14.9 Å².